The molecular formula is C17H19AsO2. The molecule has 0 aromatic heterocycles. The number of hydrogen-bond donors (Lipinski definition) is 1. The maximum absolute atomic E-state index is 11.1. The van der Waals surface area contributed by atoms with Gasteiger partial charge in [0, 0.05) is 0 Å². The van der Waals surface area contributed by atoms with Crippen molar-refractivity contribution in [2.75, 3.05) is 0 Å². The zero-order valence-corrected chi connectivity index (χ0v) is 13.5. The zero-order chi connectivity index (χ0) is 14.4. The molecule has 2 rings (SSSR count). The number of hydrogen-bond acceptors (Lipinski definition) is 1. The molecule has 1 atom stereocenters. The third-order valence-electron chi connectivity index (χ3n) is 3.21. The van der Waals surface area contributed by atoms with Crippen LogP contribution in [0.15, 0.2) is 54.6 Å². The van der Waals surface area contributed by atoms with E-state index >= 15 is 0 Å². The monoisotopic (exact) mass is 330 g/mol. The summed E-state index contributed by atoms with van der Waals surface area (Å²) in [4.78, 5) is 11.1. The summed E-state index contributed by atoms with van der Waals surface area (Å²) in [7, 11) is 0. The second kappa shape index (κ2) is 7.30. The molecule has 0 saturated carbocycles. The van der Waals surface area contributed by atoms with Gasteiger partial charge >= 0.3 is 124 Å². The number of benzene rings is 2. The Morgan fingerprint density at radius 2 is 1.75 bits per heavy atom. The van der Waals surface area contributed by atoms with Crippen LogP contribution in [-0.2, 0) is 0 Å². The fourth-order valence-corrected chi connectivity index (χ4v) is 7.47. The molecule has 104 valence electrons. The van der Waals surface area contributed by atoms with Crippen LogP contribution in [0.25, 0.3) is 0 Å². The van der Waals surface area contributed by atoms with Crippen molar-refractivity contribution in [3.63, 3.8) is 0 Å². The standard InChI is InChI=1S/C17H19AsO2/c1-2-3-12-18(15-9-5-4-6-10-15)16-11-7-8-14(13-16)17(19)20/h4-11,13H,2-3,12H2,1H3,(H,19,20). The number of aromatic carboxylic acids is 1. The Morgan fingerprint density at radius 1 is 1.05 bits per heavy atom. The SMILES string of the molecule is CCCC[As](c1ccccc1)c1cccc(C(=O)O)c1. The topological polar surface area (TPSA) is 37.3 Å². The molecule has 0 aliphatic carbocycles. The Hall–Kier alpha value is -1.53. The van der Waals surface area contributed by atoms with E-state index in [1.807, 2.05) is 18.2 Å². The molecule has 0 aliphatic rings. The molecule has 0 radical (unpaired) electrons. The number of rotatable bonds is 6. The molecule has 0 spiro atoms. The molecule has 20 heavy (non-hydrogen) atoms. The second-order valence-electron chi connectivity index (χ2n) is 4.70. The van der Waals surface area contributed by atoms with E-state index in [-0.39, 0.29) is 0 Å². The van der Waals surface area contributed by atoms with E-state index in [0.29, 0.717) is 5.56 Å². The summed E-state index contributed by atoms with van der Waals surface area (Å²) in [6.07, 6.45) is 2.38. The Morgan fingerprint density at radius 3 is 2.40 bits per heavy atom. The average Bonchev–Trinajstić information content (AvgIpc) is 2.49. The molecular weight excluding hydrogens is 311 g/mol. The molecule has 2 aromatic carbocycles. The quantitative estimate of drug-likeness (QED) is 0.827. The Bertz CT molecular complexity index is 566. The Labute approximate surface area is 124 Å². The van der Waals surface area contributed by atoms with Crippen molar-refractivity contribution in [3.05, 3.63) is 60.2 Å². The molecule has 2 aromatic rings. The van der Waals surface area contributed by atoms with Crippen LogP contribution >= 0.6 is 0 Å². The van der Waals surface area contributed by atoms with Gasteiger partial charge in [-0.15, -0.1) is 0 Å². The van der Waals surface area contributed by atoms with Gasteiger partial charge in [0.15, 0.2) is 0 Å². The third kappa shape index (κ3) is 3.74. The number of unbranched alkanes of at least 4 members (excludes halogenated alkanes) is 1. The summed E-state index contributed by atoms with van der Waals surface area (Å²) >= 11 is -1.38. The first-order valence-corrected chi connectivity index (χ1v) is 10.1. The van der Waals surface area contributed by atoms with Gasteiger partial charge in [-0.25, -0.2) is 0 Å². The molecule has 0 heterocycles. The van der Waals surface area contributed by atoms with Crippen molar-refractivity contribution in [2.45, 2.75) is 25.0 Å². The van der Waals surface area contributed by atoms with E-state index in [9.17, 15) is 4.79 Å². The van der Waals surface area contributed by atoms with Gasteiger partial charge in [-0.05, 0) is 0 Å². The van der Waals surface area contributed by atoms with E-state index in [0.717, 1.165) is 0 Å². The molecule has 0 fully saturated rings. The predicted molar refractivity (Wildman–Crippen MR) is 84.6 cm³/mol. The van der Waals surface area contributed by atoms with Gasteiger partial charge in [0.2, 0.25) is 0 Å². The van der Waals surface area contributed by atoms with Crippen molar-refractivity contribution >= 4 is 29.3 Å². The van der Waals surface area contributed by atoms with Crippen LogP contribution in [0.2, 0.25) is 5.21 Å². The molecule has 0 aliphatic heterocycles. The van der Waals surface area contributed by atoms with Crippen molar-refractivity contribution in [1.29, 1.82) is 0 Å². The summed E-state index contributed by atoms with van der Waals surface area (Å²) in [6, 6.07) is 18.0. The molecule has 0 saturated heterocycles. The van der Waals surface area contributed by atoms with E-state index in [1.165, 1.54) is 26.8 Å². The van der Waals surface area contributed by atoms with Gasteiger partial charge in [0.25, 0.3) is 0 Å². The van der Waals surface area contributed by atoms with Crippen molar-refractivity contribution in [2.24, 2.45) is 0 Å². The van der Waals surface area contributed by atoms with Crippen molar-refractivity contribution < 1.29 is 9.90 Å². The first-order valence-electron chi connectivity index (χ1n) is 6.88. The van der Waals surface area contributed by atoms with Crippen LogP contribution in [0.4, 0.5) is 0 Å². The summed E-state index contributed by atoms with van der Waals surface area (Å²) in [5.41, 5.74) is 0.398. The van der Waals surface area contributed by atoms with Crippen LogP contribution in [-0.4, -0.2) is 25.7 Å². The normalized spacial score (nSPS) is 12.1. The molecule has 0 amide bonds. The van der Waals surface area contributed by atoms with E-state index < -0.39 is 20.6 Å². The second-order valence-corrected chi connectivity index (χ2v) is 9.60. The van der Waals surface area contributed by atoms with Crippen LogP contribution in [0.5, 0.6) is 0 Å². The number of carboxylic acid groups (broad SMARTS) is 1. The van der Waals surface area contributed by atoms with E-state index in [1.54, 1.807) is 6.07 Å². The minimum atomic E-state index is -1.38. The van der Waals surface area contributed by atoms with Crippen molar-refractivity contribution in [3.8, 4) is 0 Å². The average molecular weight is 330 g/mol. The van der Waals surface area contributed by atoms with E-state index in [4.69, 9.17) is 5.11 Å². The maximum atomic E-state index is 11.1. The van der Waals surface area contributed by atoms with Crippen LogP contribution in [0.1, 0.15) is 30.1 Å². The number of carboxylic acids is 1. The molecule has 0 bridgehead atoms. The molecule has 2 nitrogen and oxygen atoms in total. The first kappa shape index (κ1) is 14.9. The molecule has 1 unspecified atom stereocenters. The molecule has 3 heteroatoms. The Balaban J connectivity index is 2.36. The van der Waals surface area contributed by atoms with Crippen LogP contribution in [0.3, 0.4) is 0 Å². The van der Waals surface area contributed by atoms with Gasteiger partial charge in [0.05, 0.1) is 0 Å². The third-order valence-corrected chi connectivity index (χ3v) is 8.63. The first-order chi connectivity index (χ1) is 9.72. The minimum absolute atomic E-state index is 0.398. The summed E-state index contributed by atoms with van der Waals surface area (Å²) < 4.78 is 2.63. The zero-order valence-electron chi connectivity index (χ0n) is 11.6. The molecule has 1 N–H and O–H groups in total. The van der Waals surface area contributed by atoms with Gasteiger partial charge in [-0.1, -0.05) is 0 Å². The summed E-state index contributed by atoms with van der Waals surface area (Å²) in [5, 5.41) is 10.3. The van der Waals surface area contributed by atoms with Crippen LogP contribution in [0, 0.1) is 0 Å². The van der Waals surface area contributed by atoms with Gasteiger partial charge in [0.1, 0.15) is 0 Å². The Kier molecular flexibility index (Phi) is 5.43. The summed E-state index contributed by atoms with van der Waals surface area (Å²) in [5.74, 6) is -0.843. The van der Waals surface area contributed by atoms with Gasteiger partial charge in [-0.2, -0.15) is 0 Å². The fraction of sp³-hybridized carbons (Fsp3) is 0.235. The fourth-order valence-electron chi connectivity index (χ4n) is 2.14. The van der Waals surface area contributed by atoms with Crippen molar-refractivity contribution in [1.82, 2.24) is 0 Å². The van der Waals surface area contributed by atoms with Gasteiger partial charge in [-0.3, -0.25) is 0 Å². The number of carbonyl (C=O) groups is 1. The van der Waals surface area contributed by atoms with Crippen LogP contribution < -0.4 is 8.70 Å². The predicted octanol–water partition coefficient (Wildman–Crippen LogP) is 2.79. The van der Waals surface area contributed by atoms with Gasteiger partial charge < -0.3 is 0 Å². The van der Waals surface area contributed by atoms with E-state index in [2.05, 4.69) is 37.3 Å². The summed E-state index contributed by atoms with van der Waals surface area (Å²) in [6.45, 7) is 2.20.